The van der Waals surface area contributed by atoms with Crippen molar-refractivity contribution < 1.29 is 19.1 Å². The Hall–Kier alpha value is -1.59. The molecule has 0 amide bonds. The van der Waals surface area contributed by atoms with Gasteiger partial charge in [-0.25, -0.2) is 4.79 Å². The highest BCUT2D eigenvalue weighted by Crippen LogP contribution is 2.26. The van der Waals surface area contributed by atoms with Gasteiger partial charge in [0.15, 0.2) is 0 Å². The molecule has 108 valence electrons. The van der Waals surface area contributed by atoms with Gasteiger partial charge < -0.3 is 14.4 Å². The highest BCUT2D eigenvalue weighted by Gasteiger charge is 2.24. The Labute approximate surface area is 122 Å². The van der Waals surface area contributed by atoms with Crippen LogP contribution in [0.1, 0.15) is 17.3 Å². The standard InChI is InChI=1S/C14H16ClNO4/c1-2-20-14(18)13(17)11-9-10(15)3-4-12(11)16-5-7-19-8-6-16/h3-4,9H,2,5-8H2,1H3. The number of Topliss-reactive ketones (excluding diaryl/α,β-unsaturated/α-hetero) is 1. The van der Waals surface area contributed by atoms with Gasteiger partial charge in [0.2, 0.25) is 0 Å². The van der Waals surface area contributed by atoms with Crippen LogP contribution in [0.15, 0.2) is 18.2 Å². The third kappa shape index (κ3) is 3.29. The van der Waals surface area contributed by atoms with Crippen molar-refractivity contribution in [2.24, 2.45) is 0 Å². The van der Waals surface area contributed by atoms with E-state index in [-0.39, 0.29) is 12.2 Å². The maximum absolute atomic E-state index is 12.2. The molecule has 0 unspecified atom stereocenters. The third-order valence-electron chi connectivity index (χ3n) is 3.02. The lowest BCUT2D eigenvalue weighted by molar-refractivity contribution is -0.137. The van der Waals surface area contributed by atoms with E-state index in [0.717, 1.165) is 0 Å². The Morgan fingerprint density at radius 3 is 2.70 bits per heavy atom. The number of halogens is 1. The lowest BCUT2D eigenvalue weighted by atomic mass is 10.1. The summed E-state index contributed by atoms with van der Waals surface area (Å²) in [6.07, 6.45) is 0. The molecule has 0 saturated carbocycles. The second kappa shape index (κ2) is 6.72. The van der Waals surface area contributed by atoms with Crippen molar-refractivity contribution >= 4 is 29.0 Å². The molecule has 5 nitrogen and oxygen atoms in total. The average Bonchev–Trinajstić information content (AvgIpc) is 2.47. The summed E-state index contributed by atoms with van der Waals surface area (Å²) in [6, 6.07) is 4.96. The van der Waals surface area contributed by atoms with Crippen LogP contribution in [0.5, 0.6) is 0 Å². The van der Waals surface area contributed by atoms with Gasteiger partial charge >= 0.3 is 5.97 Å². The molecule has 1 fully saturated rings. The van der Waals surface area contributed by atoms with E-state index < -0.39 is 11.8 Å². The molecule has 1 heterocycles. The lowest BCUT2D eigenvalue weighted by Gasteiger charge is -2.30. The topological polar surface area (TPSA) is 55.8 Å². The summed E-state index contributed by atoms with van der Waals surface area (Å²) in [7, 11) is 0. The van der Waals surface area contributed by atoms with Gasteiger partial charge in [-0.3, -0.25) is 4.79 Å². The second-order valence-corrected chi connectivity index (χ2v) is 4.75. The number of carbonyl (C=O) groups is 2. The van der Waals surface area contributed by atoms with Crippen LogP contribution in [0, 0.1) is 0 Å². The number of hydrogen-bond acceptors (Lipinski definition) is 5. The Morgan fingerprint density at radius 1 is 1.35 bits per heavy atom. The van der Waals surface area contributed by atoms with Crippen LogP contribution in [-0.2, 0) is 14.3 Å². The van der Waals surface area contributed by atoms with Gasteiger partial charge in [0.05, 0.1) is 25.4 Å². The number of nitrogens with zero attached hydrogens (tertiary/aromatic N) is 1. The van der Waals surface area contributed by atoms with Crippen LogP contribution in [0.3, 0.4) is 0 Å². The van der Waals surface area contributed by atoms with Crippen LogP contribution in [0.2, 0.25) is 5.02 Å². The van der Waals surface area contributed by atoms with E-state index in [9.17, 15) is 9.59 Å². The van der Waals surface area contributed by atoms with Crippen molar-refractivity contribution in [2.45, 2.75) is 6.92 Å². The second-order valence-electron chi connectivity index (χ2n) is 4.31. The minimum atomic E-state index is -0.857. The molecule has 0 N–H and O–H groups in total. The smallest absolute Gasteiger partial charge is 0.379 e. The van der Waals surface area contributed by atoms with Gasteiger partial charge in [0.25, 0.3) is 5.78 Å². The molecule has 0 aliphatic carbocycles. The zero-order valence-corrected chi connectivity index (χ0v) is 12.0. The highest BCUT2D eigenvalue weighted by atomic mass is 35.5. The summed E-state index contributed by atoms with van der Waals surface area (Å²) >= 11 is 5.93. The first kappa shape index (κ1) is 14.8. The fourth-order valence-corrected chi connectivity index (χ4v) is 2.25. The summed E-state index contributed by atoms with van der Waals surface area (Å²) < 4.78 is 10.1. The Bertz CT molecular complexity index is 512. The van der Waals surface area contributed by atoms with Crippen molar-refractivity contribution in [1.82, 2.24) is 0 Å². The zero-order valence-electron chi connectivity index (χ0n) is 11.2. The Balaban J connectivity index is 2.32. The normalized spacial score (nSPS) is 15.0. The largest absolute Gasteiger partial charge is 0.460 e. The van der Waals surface area contributed by atoms with E-state index in [2.05, 4.69) is 0 Å². The molecule has 1 saturated heterocycles. The number of morpholine rings is 1. The number of ether oxygens (including phenoxy) is 2. The molecule has 2 rings (SSSR count). The van der Waals surface area contributed by atoms with E-state index in [0.29, 0.717) is 37.0 Å². The van der Waals surface area contributed by atoms with Gasteiger partial charge in [0, 0.05) is 23.8 Å². The van der Waals surface area contributed by atoms with Gasteiger partial charge in [-0.2, -0.15) is 0 Å². The van der Waals surface area contributed by atoms with Crippen molar-refractivity contribution in [2.75, 3.05) is 37.8 Å². The van der Waals surface area contributed by atoms with Crippen molar-refractivity contribution in [3.05, 3.63) is 28.8 Å². The SMILES string of the molecule is CCOC(=O)C(=O)c1cc(Cl)ccc1N1CCOCC1. The molecule has 6 heteroatoms. The number of anilines is 1. The first-order valence-corrected chi connectivity index (χ1v) is 6.85. The number of rotatable bonds is 4. The van der Waals surface area contributed by atoms with Gasteiger partial charge in [-0.05, 0) is 25.1 Å². The van der Waals surface area contributed by atoms with Crippen LogP contribution < -0.4 is 4.90 Å². The summed E-state index contributed by atoms with van der Waals surface area (Å²) in [5, 5.41) is 0.412. The van der Waals surface area contributed by atoms with Gasteiger partial charge in [-0.15, -0.1) is 0 Å². The molecule has 0 radical (unpaired) electrons. The summed E-state index contributed by atoms with van der Waals surface area (Å²) in [5.41, 5.74) is 0.966. The molecule has 1 aliphatic heterocycles. The van der Waals surface area contributed by atoms with Gasteiger partial charge in [0.1, 0.15) is 0 Å². The Kier molecular flexibility index (Phi) is 4.98. The van der Waals surface area contributed by atoms with Crippen molar-refractivity contribution in [3.8, 4) is 0 Å². The molecule has 1 aliphatic rings. The van der Waals surface area contributed by atoms with Gasteiger partial charge in [-0.1, -0.05) is 11.6 Å². The summed E-state index contributed by atoms with van der Waals surface area (Å²) in [4.78, 5) is 25.8. The van der Waals surface area contributed by atoms with E-state index in [4.69, 9.17) is 21.1 Å². The first-order valence-electron chi connectivity index (χ1n) is 6.47. The van der Waals surface area contributed by atoms with Crippen molar-refractivity contribution in [1.29, 1.82) is 0 Å². The number of benzene rings is 1. The molecule has 0 aromatic heterocycles. The monoisotopic (exact) mass is 297 g/mol. The summed E-state index contributed by atoms with van der Waals surface area (Å²) in [6.45, 7) is 4.35. The number of esters is 1. The lowest BCUT2D eigenvalue weighted by Crippen LogP contribution is -2.37. The quantitative estimate of drug-likeness (QED) is 0.483. The predicted octanol–water partition coefficient (Wildman–Crippen LogP) is 1.92. The number of hydrogen-bond donors (Lipinski definition) is 0. The molecular formula is C14H16ClNO4. The predicted molar refractivity (Wildman–Crippen MR) is 75.4 cm³/mol. The maximum Gasteiger partial charge on any atom is 0.379 e. The molecular weight excluding hydrogens is 282 g/mol. The maximum atomic E-state index is 12.2. The Morgan fingerprint density at radius 2 is 2.05 bits per heavy atom. The average molecular weight is 298 g/mol. The van der Waals surface area contributed by atoms with E-state index in [1.807, 2.05) is 4.90 Å². The van der Waals surface area contributed by atoms with Crippen LogP contribution in [-0.4, -0.2) is 44.7 Å². The molecule has 0 spiro atoms. The van der Waals surface area contributed by atoms with Crippen LogP contribution in [0.4, 0.5) is 5.69 Å². The fraction of sp³-hybridized carbons (Fsp3) is 0.429. The van der Waals surface area contributed by atoms with E-state index >= 15 is 0 Å². The van der Waals surface area contributed by atoms with Crippen molar-refractivity contribution in [3.63, 3.8) is 0 Å². The first-order chi connectivity index (χ1) is 9.63. The minimum absolute atomic E-state index is 0.165. The molecule has 0 atom stereocenters. The number of ketones is 1. The van der Waals surface area contributed by atoms with E-state index in [1.165, 1.54) is 6.07 Å². The fourth-order valence-electron chi connectivity index (χ4n) is 2.08. The number of carbonyl (C=O) groups excluding carboxylic acids is 2. The summed E-state index contributed by atoms with van der Waals surface area (Å²) in [5.74, 6) is -1.53. The third-order valence-corrected chi connectivity index (χ3v) is 3.25. The molecule has 1 aromatic rings. The highest BCUT2D eigenvalue weighted by molar-refractivity contribution is 6.42. The zero-order chi connectivity index (χ0) is 14.5. The molecule has 0 bridgehead atoms. The van der Waals surface area contributed by atoms with E-state index in [1.54, 1.807) is 19.1 Å². The molecule has 1 aromatic carbocycles. The molecule has 20 heavy (non-hydrogen) atoms. The van der Waals surface area contributed by atoms with Crippen LogP contribution in [0.25, 0.3) is 0 Å². The minimum Gasteiger partial charge on any atom is -0.460 e. The van der Waals surface area contributed by atoms with Crippen LogP contribution >= 0.6 is 11.6 Å².